The molecule has 1 fully saturated rings. The van der Waals surface area contributed by atoms with Gasteiger partial charge < -0.3 is 4.84 Å². The molecule has 2 heteroatoms. The van der Waals surface area contributed by atoms with Crippen LogP contribution in [0.2, 0.25) is 0 Å². The van der Waals surface area contributed by atoms with Gasteiger partial charge in [0.1, 0.15) is 5.75 Å². The topological polar surface area (TPSA) is 21.3 Å². The van der Waals surface area contributed by atoms with Crippen molar-refractivity contribution in [3.05, 3.63) is 29.8 Å². The van der Waals surface area contributed by atoms with Gasteiger partial charge >= 0.3 is 0 Å². The molecule has 0 amide bonds. The van der Waals surface area contributed by atoms with Crippen LogP contribution in [0.4, 0.5) is 0 Å². The van der Waals surface area contributed by atoms with Gasteiger partial charge in [-0.15, -0.1) is 0 Å². The first-order chi connectivity index (χ1) is 6.97. The first kappa shape index (κ1) is 9.53. The fourth-order valence-corrected chi connectivity index (χ4v) is 1.29. The molecule has 1 aliphatic heterocycles. The molecule has 0 bridgehead atoms. The van der Waals surface area contributed by atoms with Crippen LogP contribution in [0.25, 0.3) is 0 Å². The minimum atomic E-state index is 0.939. The maximum absolute atomic E-state index is 5.30. The summed E-state index contributed by atoms with van der Waals surface area (Å²) in [6, 6.07) is 8.15. The van der Waals surface area contributed by atoms with Crippen LogP contribution >= 0.6 is 0 Å². The van der Waals surface area contributed by atoms with Crippen LogP contribution in [0.3, 0.4) is 0 Å². The van der Waals surface area contributed by atoms with Crippen LogP contribution in [-0.4, -0.2) is 6.54 Å². The van der Waals surface area contributed by atoms with Crippen LogP contribution in [-0.2, 0) is 6.42 Å². The third-order valence-corrected chi connectivity index (χ3v) is 2.23. The predicted octanol–water partition coefficient (Wildman–Crippen LogP) is 2.69. The number of fused-ring (bicyclic) bond motifs is 1. The zero-order valence-electron chi connectivity index (χ0n) is 8.46. The van der Waals surface area contributed by atoms with Crippen molar-refractivity contribution < 1.29 is 4.84 Å². The SMILES string of the molecule is C1CC1.c1ccc2c(c1)CCCNO2. The Morgan fingerprint density at radius 2 is 1.79 bits per heavy atom. The van der Waals surface area contributed by atoms with Crippen molar-refractivity contribution in [3.63, 3.8) is 0 Å². The molecule has 0 spiro atoms. The average molecular weight is 191 g/mol. The van der Waals surface area contributed by atoms with Crippen LogP contribution in [0.5, 0.6) is 5.75 Å². The molecule has 2 aliphatic rings. The maximum Gasteiger partial charge on any atom is 0.150 e. The quantitative estimate of drug-likeness (QED) is 0.680. The number of hydroxylamine groups is 1. The number of hydrogen-bond donors (Lipinski definition) is 1. The van der Waals surface area contributed by atoms with Gasteiger partial charge in [0.15, 0.2) is 0 Å². The van der Waals surface area contributed by atoms with Crippen molar-refractivity contribution in [2.75, 3.05) is 6.54 Å². The van der Waals surface area contributed by atoms with Gasteiger partial charge in [0.2, 0.25) is 0 Å². The summed E-state index contributed by atoms with van der Waals surface area (Å²) in [6.45, 7) is 0.939. The third kappa shape index (κ3) is 3.04. The number of rotatable bonds is 0. The van der Waals surface area contributed by atoms with E-state index in [1.807, 2.05) is 18.2 Å². The van der Waals surface area contributed by atoms with Gasteiger partial charge in [-0.1, -0.05) is 37.5 Å². The zero-order chi connectivity index (χ0) is 9.64. The first-order valence-corrected chi connectivity index (χ1v) is 5.44. The minimum absolute atomic E-state index is 0.939. The fraction of sp³-hybridized carbons (Fsp3) is 0.500. The van der Waals surface area contributed by atoms with Gasteiger partial charge in [0.25, 0.3) is 0 Å². The largest absolute Gasteiger partial charge is 0.408 e. The number of nitrogens with one attached hydrogen (secondary N) is 1. The molecular formula is C12H17NO. The standard InChI is InChI=1S/C9H11NO.C3H6/c1-2-6-9-8(4-1)5-3-7-10-11-9;1-2-3-1/h1-2,4,6,10H,3,5,7H2;1-3H2. The molecule has 0 saturated heterocycles. The Hall–Kier alpha value is -1.02. The first-order valence-electron chi connectivity index (χ1n) is 5.44. The number of hydrogen-bond acceptors (Lipinski definition) is 2. The predicted molar refractivity (Wildman–Crippen MR) is 57.2 cm³/mol. The molecule has 1 aromatic carbocycles. The molecule has 0 radical (unpaired) electrons. The van der Waals surface area contributed by atoms with Gasteiger partial charge in [-0.25, -0.2) is 0 Å². The number of benzene rings is 1. The van der Waals surface area contributed by atoms with Gasteiger partial charge in [0.05, 0.1) is 0 Å². The normalized spacial score (nSPS) is 18.0. The highest BCUT2D eigenvalue weighted by Crippen LogP contribution is 2.20. The van der Waals surface area contributed by atoms with Crippen LogP contribution in [0.1, 0.15) is 31.2 Å². The van der Waals surface area contributed by atoms with E-state index in [1.54, 1.807) is 0 Å². The highest BCUT2D eigenvalue weighted by Gasteiger charge is 2.05. The van der Waals surface area contributed by atoms with Crippen molar-refractivity contribution in [2.24, 2.45) is 0 Å². The van der Waals surface area contributed by atoms with Gasteiger partial charge in [0, 0.05) is 6.54 Å². The van der Waals surface area contributed by atoms with E-state index in [9.17, 15) is 0 Å². The van der Waals surface area contributed by atoms with E-state index in [0.717, 1.165) is 25.1 Å². The summed E-state index contributed by atoms with van der Waals surface area (Å²) in [5, 5.41) is 0. The lowest BCUT2D eigenvalue weighted by atomic mass is 10.1. The van der Waals surface area contributed by atoms with E-state index in [-0.39, 0.29) is 0 Å². The molecule has 0 aromatic heterocycles. The molecule has 1 aliphatic carbocycles. The van der Waals surface area contributed by atoms with E-state index in [2.05, 4.69) is 11.5 Å². The molecule has 3 rings (SSSR count). The summed E-state index contributed by atoms with van der Waals surface area (Å²) in [4.78, 5) is 5.30. The average Bonchev–Trinajstić information content (AvgIpc) is 3.08. The minimum Gasteiger partial charge on any atom is -0.408 e. The Kier molecular flexibility index (Phi) is 3.41. The molecule has 2 nitrogen and oxygen atoms in total. The Bertz CT molecular complexity index is 256. The van der Waals surface area contributed by atoms with E-state index < -0.39 is 0 Å². The fourth-order valence-electron chi connectivity index (χ4n) is 1.29. The lowest BCUT2D eigenvalue weighted by molar-refractivity contribution is 0.202. The maximum atomic E-state index is 5.30. The highest BCUT2D eigenvalue weighted by atomic mass is 16.6. The summed E-state index contributed by atoms with van der Waals surface area (Å²) >= 11 is 0. The van der Waals surface area contributed by atoms with Gasteiger partial charge in [-0.05, 0) is 24.5 Å². The van der Waals surface area contributed by atoms with E-state index >= 15 is 0 Å². The van der Waals surface area contributed by atoms with E-state index in [1.165, 1.54) is 24.8 Å². The Morgan fingerprint density at radius 1 is 1.00 bits per heavy atom. The second kappa shape index (κ2) is 5.01. The molecule has 1 N–H and O–H groups in total. The van der Waals surface area contributed by atoms with Crippen molar-refractivity contribution in [1.82, 2.24) is 5.48 Å². The van der Waals surface area contributed by atoms with Crippen molar-refractivity contribution in [1.29, 1.82) is 0 Å². The van der Waals surface area contributed by atoms with Crippen molar-refractivity contribution in [3.8, 4) is 5.75 Å². The smallest absolute Gasteiger partial charge is 0.150 e. The molecule has 1 aromatic rings. The monoisotopic (exact) mass is 191 g/mol. The highest BCUT2D eigenvalue weighted by molar-refractivity contribution is 5.33. The third-order valence-electron chi connectivity index (χ3n) is 2.23. The van der Waals surface area contributed by atoms with Crippen LogP contribution in [0, 0.1) is 0 Å². The molecule has 14 heavy (non-hydrogen) atoms. The van der Waals surface area contributed by atoms with Gasteiger partial charge in [-0.2, -0.15) is 5.48 Å². The molecule has 0 atom stereocenters. The Balaban J connectivity index is 0.000000214. The summed E-state index contributed by atoms with van der Waals surface area (Å²) in [6.07, 6.45) is 6.76. The summed E-state index contributed by atoms with van der Waals surface area (Å²) in [5.41, 5.74) is 4.21. The number of para-hydroxylation sites is 1. The summed E-state index contributed by atoms with van der Waals surface area (Å²) < 4.78 is 0. The zero-order valence-corrected chi connectivity index (χ0v) is 8.46. The Morgan fingerprint density at radius 3 is 2.57 bits per heavy atom. The number of aryl methyl sites for hydroxylation is 1. The lowest BCUT2D eigenvalue weighted by Crippen LogP contribution is -2.17. The van der Waals surface area contributed by atoms with Crippen LogP contribution in [0.15, 0.2) is 24.3 Å². The molecular weight excluding hydrogens is 174 g/mol. The van der Waals surface area contributed by atoms with Crippen molar-refractivity contribution >= 4 is 0 Å². The molecule has 1 saturated carbocycles. The van der Waals surface area contributed by atoms with Crippen LogP contribution < -0.4 is 10.3 Å². The molecule has 1 heterocycles. The second-order valence-electron chi connectivity index (χ2n) is 3.77. The summed E-state index contributed by atoms with van der Waals surface area (Å²) in [7, 11) is 0. The lowest BCUT2D eigenvalue weighted by Gasteiger charge is -2.03. The summed E-state index contributed by atoms with van der Waals surface area (Å²) in [5.74, 6) is 0.977. The van der Waals surface area contributed by atoms with E-state index in [0.29, 0.717) is 0 Å². The second-order valence-corrected chi connectivity index (χ2v) is 3.77. The molecule has 76 valence electrons. The molecule has 0 unspecified atom stereocenters. The van der Waals surface area contributed by atoms with Crippen molar-refractivity contribution in [2.45, 2.75) is 32.1 Å². The van der Waals surface area contributed by atoms with Gasteiger partial charge in [-0.3, -0.25) is 0 Å². The Labute approximate surface area is 85.2 Å². The van der Waals surface area contributed by atoms with E-state index in [4.69, 9.17) is 4.84 Å².